The lowest BCUT2D eigenvalue weighted by molar-refractivity contribution is 0.667. The third-order valence-electron chi connectivity index (χ3n) is 9.52. The summed E-state index contributed by atoms with van der Waals surface area (Å²) in [6.07, 6.45) is 3.90. The van der Waals surface area contributed by atoms with E-state index in [0.29, 0.717) is 0 Å². The van der Waals surface area contributed by atoms with Crippen molar-refractivity contribution in [3.63, 3.8) is 0 Å². The summed E-state index contributed by atoms with van der Waals surface area (Å²) < 4.78 is 10.9. The standard InChI is InChI=1S/C40H22N4O/c1-3-13-33-28(11-1)38-35-21-42-40-39(38)29-12-2-4-14-34(29)44(40)27-10-6-8-25(18-27)32-20-31-30-19-24(15-16-36(30)45-37(31)22-41-32)23-7-5-9-26(17-23)43(33)35/h1-22H. The predicted octanol–water partition coefficient (Wildman–Crippen LogP) is 10.4. The molecule has 0 saturated carbocycles. The fourth-order valence-electron chi connectivity index (χ4n) is 7.55. The van der Waals surface area contributed by atoms with Gasteiger partial charge in [0.15, 0.2) is 5.58 Å². The fourth-order valence-corrected chi connectivity index (χ4v) is 7.55. The van der Waals surface area contributed by atoms with Gasteiger partial charge in [-0.1, -0.05) is 66.7 Å². The van der Waals surface area contributed by atoms with Crippen LogP contribution in [-0.2, 0) is 0 Å². The van der Waals surface area contributed by atoms with E-state index in [1.165, 1.54) is 16.2 Å². The third-order valence-corrected chi connectivity index (χ3v) is 9.52. The molecule has 6 heterocycles. The van der Waals surface area contributed by atoms with Crippen LogP contribution in [0, 0.1) is 0 Å². The van der Waals surface area contributed by atoms with Crippen molar-refractivity contribution in [2.75, 3.05) is 0 Å². The van der Waals surface area contributed by atoms with Crippen molar-refractivity contribution < 1.29 is 4.42 Å². The monoisotopic (exact) mass is 574 g/mol. The van der Waals surface area contributed by atoms with Gasteiger partial charge in [0.1, 0.15) is 11.2 Å². The van der Waals surface area contributed by atoms with E-state index in [0.717, 1.165) is 82.2 Å². The zero-order chi connectivity index (χ0) is 29.2. The molecule has 0 aliphatic rings. The highest BCUT2D eigenvalue weighted by molar-refractivity contribution is 6.27. The smallest absolute Gasteiger partial charge is 0.153 e. The molecule has 5 aromatic carbocycles. The molecule has 11 aromatic rings. The van der Waals surface area contributed by atoms with E-state index in [9.17, 15) is 0 Å². The minimum absolute atomic E-state index is 0.785. The highest BCUT2D eigenvalue weighted by Gasteiger charge is 2.18. The molecule has 0 atom stereocenters. The van der Waals surface area contributed by atoms with Gasteiger partial charge in [-0.3, -0.25) is 9.38 Å². The van der Waals surface area contributed by atoms with Gasteiger partial charge >= 0.3 is 0 Å². The zero-order valence-corrected chi connectivity index (χ0v) is 23.9. The van der Waals surface area contributed by atoms with Crippen LogP contribution in [0.2, 0.25) is 0 Å². The van der Waals surface area contributed by atoms with Gasteiger partial charge in [0.25, 0.3) is 0 Å². The Labute approximate surface area is 254 Å². The van der Waals surface area contributed by atoms with Gasteiger partial charge in [-0.2, -0.15) is 0 Å². The van der Waals surface area contributed by atoms with Crippen LogP contribution in [0.3, 0.4) is 0 Å². The average Bonchev–Trinajstić information content (AvgIpc) is 3.75. The highest BCUT2D eigenvalue weighted by Crippen LogP contribution is 2.39. The number of rotatable bonds is 0. The molecule has 6 aromatic heterocycles. The molecule has 0 aliphatic heterocycles. The lowest BCUT2D eigenvalue weighted by Gasteiger charge is -2.03. The van der Waals surface area contributed by atoms with E-state index in [4.69, 9.17) is 14.4 Å². The Morgan fingerprint density at radius 2 is 1.13 bits per heavy atom. The van der Waals surface area contributed by atoms with E-state index in [2.05, 4.69) is 130 Å². The molecule has 0 aliphatic carbocycles. The van der Waals surface area contributed by atoms with E-state index >= 15 is 0 Å². The van der Waals surface area contributed by atoms with Crippen molar-refractivity contribution in [2.24, 2.45) is 0 Å². The molecule has 0 amide bonds. The molecule has 0 spiro atoms. The molecule has 5 heteroatoms. The Hall–Kier alpha value is -6.20. The minimum atomic E-state index is 0.785. The fraction of sp³-hybridized carbons (Fsp3) is 0. The van der Waals surface area contributed by atoms with E-state index < -0.39 is 0 Å². The SMILES string of the molecule is c1ccc2c(c1)c1c3c4ccccc4n4c5cccc(c5)c5cc6c(cn5)oc5ccc(cc56)c5cccc(c5)n2c1cnc34. The maximum atomic E-state index is 6.25. The van der Waals surface area contributed by atoms with Crippen LogP contribution in [-0.4, -0.2) is 18.8 Å². The first kappa shape index (κ1) is 23.3. The van der Waals surface area contributed by atoms with E-state index in [-0.39, 0.29) is 0 Å². The molecule has 0 saturated heterocycles. The van der Waals surface area contributed by atoms with Crippen LogP contribution >= 0.6 is 0 Å². The number of nitrogens with zero attached hydrogens (tertiary/aromatic N) is 4. The zero-order valence-electron chi connectivity index (χ0n) is 23.9. The summed E-state index contributed by atoms with van der Waals surface area (Å²) in [5.74, 6) is 0. The second-order valence-corrected chi connectivity index (χ2v) is 11.9. The Balaban J connectivity index is 1.50. The van der Waals surface area contributed by atoms with E-state index in [1.54, 1.807) is 0 Å². The number of fused-ring (bicyclic) bond motifs is 18. The van der Waals surface area contributed by atoms with Crippen LogP contribution in [0.1, 0.15) is 0 Å². The average molecular weight is 575 g/mol. The lowest BCUT2D eigenvalue weighted by atomic mass is 10.1. The summed E-state index contributed by atoms with van der Waals surface area (Å²) in [6.45, 7) is 0. The van der Waals surface area contributed by atoms with Gasteiger partial charge in [-0.25, -0.2) is 4.98 Å². The van der Waals surface area contributed by atoms with Crippen molar-refractivity contribution in [1.29, 1.82) is 0 Å². The van der Waals surface area contributed by atoms with Gasteiger partial charge in [0.05, 0.1) is 34.5 Å². The molecule has 0 unspecified atom stereocenters. The van der Waals surface area contributed by atoms with Gasteiger partial charge in [0, 0.05) is 48.7 Å². The van der Waals surface area contributed by atoms with Crippen LogP contribution in [0.4, 0.5) is 0 Å². The number of hydrogen-bond acceptors (Lipinski definition) is 3. The molecule has 11 rings (SSSR count). The van der Waals surface area contributed by atoms with Gasteiger partial charge in [-0.15, -0.1) is 0 Å². The Morgan fingerprint density at radius 1 is 0.444 bits per heavy atom. The number of aromatic nitrogens is 4. The van der Waals surface area contributed by atoms with Crippen LogP contribution in [0.5, 0.6) is 0 Å². The number of para-hydroxylation sites is 2. The molecular formula is C40H22N4O. The van der Waals surface area contributed by atoms with Crippen molar-refractivity contribution in [3.05, 3.63) is 134 Å². The van der Waals surface area contributed by atoms with Crippen LogP contribution in [0.15, 0.2) is 138 Å². The maximum absolute atomic E-state index is 6.25. The quantitative estimate of drug-likeness (QED) is 0.181. The predicted molar refractivity (Wildman–Crippen MR) is 185 cm³/mol. The number of furan rings is 1. The highest BCUT2D eigenvalue weighted by atomic mass is 16.3. The number of benzene rings is 5. The van der Waals surface area contributed by atoms with Crippen molar-refractivity contribution in [1.82, 2.24) is 18.8 Å². The topological polar surface area (TPSA) is 47.7 Å². The maximum Gasteiger partial charge on any atom is 0.153 e. The van der Waals surface area contributed by atoms with Gasteiger partial charge < -0.3 is 8.82 Å². The second-order valence-electron chi connectivity index (χ2n) is 11.9. The first-order valence-corrected chi connectivity index (χ1v) is 15.2. The molecule has 5 nitrogen and oxygen atoms in total. The summed E-state index contributed by atoms with van der Waals surface area (Å²) in [5.41, 5.74) is 9.00. The summed E-state index contributed by atoms with van der Waals surface area (Å²) >= 11 is 0. The van der Waals surface area contributed by atoms with Crippen LogP contribution < -0.4 is 0 Å². The molecule has 0 fully saturated rings. The Kier molecular flexibility index (Phi) is 4.26. The van der Waals surface area contributed by atoms with E-state index in [1.807, 2.05) is 12.4 Å². The second kappa shape index (κ2) is 8.24. The van der Waals surface area contributed by atoms with Crippen molar-refractivity contribution in [3.8, 4) is 0 Å². The van der Waals surface area contributed by atoms with Crippen LogP contribution in [0.25, 0.3) is 98.4 Å². The third kappa shape index (κ3) is 3.01. The molecule has 45 heavy (non-hydrogen) atoms. The Morgan fingerprint density at radius 3 is 2.00 bits per heavy atom. The first-order chi connectivity index (χ1) is 22.3. The van der Waals surface area contributed by atoms with Gasteiger partial charge in [-0.05, 0) is 65.4 Å². The molecule has 208 valence electrons. The molecular weight excluding hydrogens is 552 g/mol. The summed E-state index contributed by atoms with van der Waals surface area (Å²) in [5, 5.41) is 10.2. The minimum Gasteiger partial charge on any atom is -0.454 e. The molecule has 10 bridgehead atoms. The number of hydrogen-bond donors (Lipinski definition) is 0. The van der Waals surface area contributed by atoms with Crippen molar-refractivity contribution >= 4 is 98.4 Å². The summed E-state index contributed by atoms with van der Waals surface area (Å²) in [4.78, 5) is 10.1. The summed E-state index contributed by atoms with van der Waals surface area (Å²) in [6, 6.07) is 43.4. The van der Waals surface area contributed by atoms with Crippen molar-refractivity contribution in [2.45, 2.75) is 0 Å². The molecule has 0 N–H and O–H groups in total. The normalized spacial score (nSPS) is 12.4. The van der Waals surface area contributed by atoms with Gasteiger partial charge in [0.2, 0.25) is 0 Å². The molecule has 0 radical (unpaired) electrons. The largest absolute Gasteiger partial charge is 0.454 e. The number of pyridine rings is 2. The lowest BCUT2D eigenvalue weighted by Crippen LogP contribution is -1.89. The Bertz CT molecular complexity index is 2900. The first-order valence-electron chi connectivity index (χ1n) is 15.2. The summed E-state index contributed by atoms with van der Waals surface area (Å²) in [7, 11) is 0.